The fraction of sp³-hybridized carbons (Fsp3) is 0.370. The summed E-state index contributed by atoms with van der Waals surface area (Å²) in [4.78, 5) is 25.6. The van der Waals surface area contributed by atoms with Crippen molar-refractivity contribution in [3.05, 3.63) is 76.0 Å². The largest absolute Gasteiger partial charge is 0.477 e. The number of imidazole rings is 1. The van der Waals surface area contributed by atoms with E-state index in [2.05, 4.69) is 41.4 Å². The van der Waals surface area contributed by atoms with E-state index in [0.29, 0.717) is 36.9 Å². The van der Waals surface area contributed by atoms with E-state index >= 15 is 0 Å². The zero-order chi connectivity index (χ0) is 25.7. The number of aromatic carboxylic acids is 1. The molecule has 2 aromatic heterocycles. The van der Waals surface area contributed by atoms with Gasteiger partial charge in [-0.3, -0.25) is 9.13 Å². The highest BCUT2D eigenvalue weighted by Crippen LogP contribution is 2.30. The summed E-state index contributed by atoms with van der Waals surface area (Å²) < 4.78 is 3.09. The number of rotatable bonds is 11. The molecule has 9 heteroatoms. The van der Waals surface area contributed by atoms with Gasteiger partial charge in [-0.2, -0.15) is 0 Å². The highest BCUT2D eigenvalue weighted by atomic mass is 16.4. The van der Waals surface area contributed by atoms with Gasteiger partial charge in [0, 0.05) is 12.1 Å². The molecule has 2 N–H and O–H groups in total. The van der Waals surface area contributed by atoms with Crippen LogP contribution in [-0.2, 0) is 19.5 Å². The lowest BCUT2D eigenvalue weighted by atomic mass is 9.98. The second kappa shape index (κ2) is 11.2. The topological polar surface area (TPSA) is 119 Å². The Hall–Kier alpha value is -4.01. The SMILES string of the molecule is CCCCc1c(C(=O)O)n(CCC(C)C)c(=O)n1Cc1ccc(-c2ccccc2-c2nnn[nH]2)cc1. The normalized spacial score (nSPS) is 11.3. The van der Waals surface area contributed by atoms with E-state index in [1.807, 2.05) is 48.5 Å². The fourth-order valence-corrected chi connectivity index (χ4v) is 4.42. The standard InChI is InChI=1S/C27H32N6O3/c1-4-5-10-23-24(26(34)35)32(16-15-18(2)3)27(36)33(23)17-19-11-13-20(14-12-19)21-8-6-7-9-22(21)25-28-30-31-29-25/h6-9,11-14,18H,4-5,10,15-17H2,1-3H3,(H,34,35)(H,28,29,30,31). The van der Waals surface area contributed by atoms with Crippen molar-refractivity contribution in [2.45, 2.75) is 59.5 Å². The summed E-state index contributed by atoms with van der Waals surface area (Å²) in [6.07, 6.45) is 3.03. The molecule has 0 aliphatic rings. The van der Waals surface area contributed by atoms with Crippen molar-refractivity contribution in [3.63, 3.8) is 0 Å². The predicted octanol–water partition coefficient (Wildman–Crippen LogP) is 4.63. The highest BCUT2D eigenvalue weighted by molar-refractivity contribution is 5.87. The average Bonchev–Trinajstić information content (AvgIpc) is 3.49. The van der Waals surface area contributed by atoms with Crippen LogP contribution in [0.2, 0.25) is 0 Å². The van der Waals surface area contributed by atoms with Gasteiger partial charge in [0.05, 0.1) is 12.2 Å². The molecule has 0 spiro atoms. The molecule has 0 aliphatic carbocycles. The van der Waals surface area contributed by atoms with Crippen LogP contribution in [-0.4, -0.2) is 40.8 Å². The summed E-state index contributed by atoms with van der Waals surface area (Å²) in [5.41, 5.74) is 4.26. The third-order valence-electron chi connectivity index (χ3n) is 6.36. The van der Waals surface area contributed by atoms with Crippen LogP contribution in [0.1, 0.15) is 61.8 Å². The number of unbranched alkanes of at least 4 members (excludes halogenated alkanes) is 1. The minimum Gasteiger partial charge on any atom is -0.477 e. The van der Waals surface area contributed by atoms with Crippen molar-refractivity contribution in [2.75, 3.05) is 0 Å². The van der Waals surface area contributed by atoms with Crippen molar-refractivity contribution in [1.29, 1.82) is 0 Å². The molecule has 0 atom stereocenters. The predicted molar refractivity (Wildman–Crippen MR) is 138 cm³/mol. The zero-order valence-electron chi connectivity index (χ0n) is 20.9. The van der Waals surface area contributed by atoms with Gasteiger partial charge in [0.1, 0.15) is 0 Å². The minimum absolute atomic E-state index is 0.125. The van der Waals surface area contributed by atoms with E-state index < -0.39 is 5.97 Å². The Morgan fingerprint density at radius 2 is 1.78 bits per heavy atom. The van der Waals surface area contributed by atoms with Crippen molar-refractivity contribution in [1.82, 2.24) is 29.8 Å². The molecule has 2 heterocycles. The number of carboxylic acid groups (broad SMARTS) is 1. The van der Waals surface area contributed by atoms with E-state index in [-0.39, 0.29) is 11.4 Å². The molecule has 0 aliphatic heterocycles. The van der Waals surface area contributed by atoms with Crippen LogP contribution in [0.25, 0.3) is 22.5 Å². The van der Waals surface area contributed by atoms with Gasteiger partial charge in [0.25, 0.3) is 0 Å². The third-order valence-corrected chi connectivity index (χ3v) is 6.36. The van der Waals surface area contributed by atoms with Crippen LogP contribution >= 0.6 is 0 Å². The smallest absolute Gasteiger partial charge is 0.354 e. The Kier molecular flexibility index (Phi) is 7.77. The van der Waals surface area contributed by atoms with E-state index in [1.54, 1.807) is 4.57 Å². The van der Waals surface area contributed by atoms with Crippen LogP contribution in [0, 0.1) is 5.92 Å². The molecular weight excluding hydrogens is 456 g/mol. The van der Waals surface area contributed by atoms with Gasteiger partial charge >= 0.3 is 11.7 Å². The van der Waals surface area contributed by atoms with Gasteiger partial charge in [-0.1, -0.05) is 75.7 Å². The first kappa shape index (κ1) is 25.1. The van der Waals surface area contributed by atoms with E-state index in [9.17, 15) is 14.7 Å². The van der Waals surface area contributed by atoms with Crippen molar-refractivity contribution in [3.8, 4) is 22.5 Å². The number of tetrazole rings is 1. The van der Waals surface area contributed by atoms with Crippen molar-refractivity contribution < 1.29 is 9.90 Å². The Morgan fingerprint density at radius 1 is 1.06 bits per heavy atom. The van der Waals surface area contributed by atoms with Gasteiger partial charge in [-0.15, -0.1) is 5.10 Å². The summed E-state index contributed by atoms with van der Waals surface area (Å²) in [5.74, 6) is -0.0931. The summed E-state index contributed by atoms with van der Waals surface area (Å²) in [6.45, 7) is 6.92. The molecular formula is C27H32N6O3. The number of aromatic amines is 1. The van der Waals surface area contributed by atoms with E-state index in [1.165, 1.54) is 4.57 Å². The molecule has 4 rings (SSSR count). The molecule has 0 unspecified atom stereocenters. The minimum atomic E-state index is -1.05. The van der Waals surface area contributed by atoms with Crippen LogP contribution in [0.4, 0.5) is 0 Å². The number of nitrogens with one attached hydrogen (secondary N) is 1. The number of hydrogen-bond acceptors (Lipinski definition) is 5. The molecule has 0 fully saturated rings. The third kappa shape index (κ3) is 5.30. The van der Waals surface area contributed by atoms with Crippen LogP contribution in [0.15, 0.2) is 53.3 Å². The number of hydrogen-bond donors (Lipinski definition) is 2. The quantitative estimate of drug-likeness (QED) is 0.318. The van der Waals surface area contributed by atoms with Gasteiger partial charge in [0.15, 0.2) is 11.5 Å². The monoisotopic (exact) mass is 488 g/mol. The molecule has 4 aromatic rings. The maximum atomic E-state index is 13.4. The van der Waals surface area contributed by atoms with E-state index in [4.69, 9.17) is 0 Å². The van der Waals surface area contributed by atoms with Crippen molar-refractivity contribution in [2.24, 2.45) is 5.92 Å². The van der Waals surface area contributed by atoms with Crippen LogP contribution in [0.5, 0.6) is 0 Å². The molecule has 9 nitrogen and oxygen atoms in total. The molecule has 0 amide bonds. The first-order chi connectivity index (χ1) is 17.4. The van der Waals surface area contributed by atoms with Crippen LogP contribution in [0.3, 0.4) is 0 Å². The lowest BCUT2D eigenvalue weighted by Crippen LogP contribution is -2.27. The van der Waals surface area contributed by atoms with Gasteiger partial charge in [-0.25, -0.2) is 14.7 Å². The Labute approximate surface area is 209 Å². The zero-order valence-corrected chi connectivity index (χ0v) is 20.9. The number of carbonyl (C=O) groups is 1. The maximum Gasteiger partial charge on any atom is 0.354 e. The van der Waals surface area contributed by atoms with Gasteiger partial charge in [0.2, 0.25) is 0 Å². The Morgan fingerprint density at radius 3 is 2.39 bits per heavy atom. The van der Waals surface area contributed by atoms with Crippen LogP contribution < -0.4 is 5.69 Å². The summed E-state index contributed by atoms with van der Waals surface area (Å²) >= 11 is 0. The second-order valence-electron chi connectivity index (χ2n) is 9.40. The number of aromatic nitrogens is 6. The first-order valence-corrected chi connectivity index (χ1v) is 12.4. The number of H-pyrrole nitrogens is 1. The summed E-state index contributed by atoms with van der Waals surface area (Å²) in [6, 6.07) is 15.8. The molecule has 0 bridgehead atoms. The Balaban J connectivity index is 1.69. The molecule has 0 saturated heterocycles. The van der Waals surface area contributed by atoms with Gasteiger partial charge < -0.3 is 5.11 Å². The number of nitrogens with zero attached hydrogens (tertiary/aromatic N) is 5. The second-order valence-corrected chi connectivity index (χ2v) is 9.40. The summed E-state index contributed by atoms with van der Waals surface area (Å²) in [5, 5.41) is 24.2. The maximum absolute atomic E-state index is 13.4. The fourth-order valence-electron chi connectivity index (χ4n) is 4.42. The van der Waals surface area contributed by atoms with E-state index in [0.717, 1.165) is 41.5 Å². The first-order valence-electron chi connectivity index (χ1n) is 12.4. The number of benzene rings is 2. The molecule has 2 aromatic carbocycles. The highest BCUT2D eigenvalue weighted by Gasteiger charge is 2.24. The van der Waals surface area contributed by atoms with Gasteiger partial charge in [-0.05, 0) is 52.3 Å². The molecule has 0 saturated carbocycles. The molecule has 188 valence electrons. The van der Waals surface area contributed by atoms with Crippen molar-refractivity contribution >= 4 is 5.97 Å². The number of carboxylic acids is 1. The lowest BCUT2D eigenvalue weighted by Gasteiger charge is -2.10. The molecule has 0 radical (unpaired) electrons. The lowest BCUT2D eigenvalue weighted by molar-refractivity contribution is 0.0682. The Bertz CT molecular complexity index is 1370. The summed E-state index contributed by atoms with van der Waals surface area (Å²) in [7, 11) is 0. The molecule has 36 heavy (non-hydrogen) atoms. The average molecular weight is 489 g/mol.